The molecule has 21 heavy (non-hydrogen) atoms. The summed E-state index contributed by atoms with van der Waals surface area (Å²) in [5, 5.41) is 0.262. The average Bonchev–Trinajstić information content (AvgIpc) is 3.27. The predicted octanol–water partition coefficient (Wildman–Crippen LogP) is 3.04. The molecule has 3 rings (SSSR count). The molecule has 0 atom stereocenters. The van der Waals surface area contributed by atoms with E-state index in [1.165, 1.54) is 6.07 Å². The maximum absolute atomic E-state index is 12.9. The SMILES string of the molecule is Cc1cc(Cl)c(S(=O)(=O)N(CC2CC2)CC2CC2)cc1N. The molecule has 116 valence electrons. The Morgan fingerprint density at radius 3 is 2.19 bits per heavy atom. The lowest BCUT2D eigenvalue weighted by Crippen LogP contribution is -2.35. The number of hydrogen-bond acceptors (Lipinski definition) is 3. The van der Waals surface area contributed by atoms with Crippen LogP contribution < -0.4 is 5.73 Å². The van der Waals surface area contributed by atoms with Crippen LogP contribution in [-0.4, -0.2) is 25.8 Å². The summed E-state index contributed by atoms with van der Waals surface area (Å²) in [4.78, 5) is 0.147. The number of benzene rings is 1. The highest BCUT2D eigenvalue weighted by Crippen LogP contribution is 2.37. The van der Waals surface area contributed by atoms with Gasteiger partial charge in [-0.15, -0.1) is 0 Å². The van der Waals surface area contributed by atoms with Crippen molar-refractivity contribution in [2.75, 3.05) is 18.8 Å². The zero-order valence-corrected chi connectivity index (χ0v) is 13.8. The minimum absolute atomic E-state index is 0.147. The maximum Gasteiger partial charge on any atom is 0.244 e. The van der Waals surface area contributed by atoms with E-state index in [1.807, 2.05) is 6.92 Å². The second-order valence-electron chi connectivity index (χ2n) is 6.35. The standard InChI is InChI=1S/C15H21ClN2O2S/c1-10-6-13(16)15(7-14(10)17)21(19,20)18(8-11-2-3-11)9-12-4-5-12/h6-7,11-12H,2-5,8-9,17H2,1H3. The quantitative estimate of drug-likeness (QED) is 0.816. The van der Waals surface area contributed by atoms with Crippen molar-refractivity contribution in [2.45, 2.75) is 37.5 Å². The Balaban J connectivity index is 1.93. The van der Waals surface area contributed by atoms with E-state index in [0.29, 0.717) is 30.6 Å². The summed E-state index contributed by atoms with van der Waals surface area (Å²) < 4.78 is 27.5. The van der Waals surface area contributed by atoms with Crippen LogP contribution in [0.4, 0.5) is 5.69 Å². The fourth-order valence-electron chi connectivity index (χ4n) is 2.45. The molecule has 4 nitrogen and oxygen atoms in total. The third kappa shape index (κ3) is 3.35. The number of nitrogen functional groups attached to an aromatic ring is 1. The van der Waals surface area contributed by atoms with Crippen LogP contribution >= 0.6 is 11.6 Å². The Morgan fingerprint density at radius 2 is 1.71 bits per heavy atom. The van der Waals surface area contributed by atoms with E-state index in [1.54, 1.807) is 10.4 Å². The lowest BCUT2D eigenvalue weighted by Gasteiger charge is -2.23. The predicted molar refractivity (Wildman–Crippen MR) is 84.8 cm³/mol. The zero-order chi connectivity index (χ0) is 15.2. The van der Waals surface area contributed by atoms with Gasteiger partial charge in [0.25, 0.3) is 0 Å². The number of sulfonamides is 1. The normalized spacial score (nSPS) is 19.2. The molecular weight excluding hydrogens is 308 g/mol. The summed E-state index contributed by atoms with van der Waals surface area (Å²) in [7, 11) is -3.56. The van der Waals surface area contributed by atoms with Gasteiger partial charge in [0, 0.05) is 18.8 Å². The smallest absolute Gasteiger partial charge is 0.244 e. The van der Waals surface area contributed by atoms with Crippen molar-refractivity contribution in [1.29, 1.82) is 0 Å². The average molecular weight is 329 g/mol. The Morgan fingerprint density at radius 1 is 1.19 bits per heavy atom. The Bertz CT molecular complexity index is 638. The Labute approximate surface area is 131 Å². The lowest BCUT2D eigenvalue weighted by molar-refractivity contribution is 0.382. The summed E-state index contributed by atoms with van der Waals surface area (Å²) in [5.74, 6) is 1.03. The van der Waals surface area contributed by atoms with Gasteiger partial charge in [-0.25, -0.2) is 8.42 Å². The minimum Gasteiger partial charge on any atom is -0.398 e. The van der Waals surface area contributed by atoms with Crippen molar-refractivity contribution >= 4 is 27.3 Å². The lowest BCUT2D eigenvalue weighted by atomic mass is 10.2. The van der Waals surface area contributed by atoms with Gasteiger partial charge in [-0.05, 0) is 62.1 Å². The maximum atomic E-state index is 12.9. The number of nitrogens with two attached hydrogens (primary N) is 1. The second kappa shape index (κ2) is 5.45. The first kappa shape index (κ1) is 15.1. The van der Waals surface area contributed by atoms with Gasteiger partial charge in [-0.2, -0.15) is 4.31 Å². The first-order valence-electron chi connectivity index (χ1n) is 7.43. The highest BCUT2D eigenvalue weighted by atomic mass is 35.5. The van der Waals surface area contributed by atoms with Crippen LogP contribution in [-0.2, 0) is 10.0 Å². The van der Waals surface area contributed by atoms with Crippen molar-refractivity contribution in [1.82, 2.24) is 4.31 Å². The number of hydrogen-bond donors (Lipinski definition) is 1. The van der Waals surface area contributed by atoms with Gasteiger partial charge in [0.2, 0.25) is 10.0 Å². The number of halogens is 1. The summed E-state index contributed by atoms with van der Waals surface area (Å²) in [5.41, 5.74) is 7.14. The molecule has 2 fully saturated rings. The summed E-state index contributed by atoms with van der Waals surface area (Å²) in [6, 6.07) is 3.13. The number of anilines is 1. The fraction of sp³-hybridized carbons (Fsp3) is 0.600. The molecule has 0 heterocycles. The third-order valence-electron chi connectivity index (χ3n) is 4.26. The van der Waals surface area contributed by atoms with E-state index in [-0.39, 0.29) is 9.92 Å². The van der Waals surface area contributed by atoms with Crippen molar-refractivity contribution in [3.63, 3.8) is 0 Å². The van der Waals surface area contributed by atoms with E-state index in [9.17, 15) is 8.42 Å². The molecule has 0 aliphatic heterocycles. The van der Waals surface area contributed by atoms with E-state index < -0.39 is 10.0 Å². The molecule has 0 amide bonds. The molecule has 6 heteroatoms. The van der Waals surface area contributed by atoms with Gasteiger partial charge >= 0.3 is 0 Å². The van der Waals surface area contributed by atoms with Crippen LogP contribution in [0.1, 0.15) is 31.2 Å². The molecule has 0 bridgehead atoms. The molecule has 1 aromatic carbocycles. The van der Waals surface area contributed by atoms with E-state index in [0.717, 1.165) is 31.2 Å². The molecule has 0 unspecified atom stereocenters. The zero-order valence-electron chi connectivity index (χ0n) is 12.2. The van der Waals surface area contributed by atoms with Gasteiger partial charge in [-0.3, -0.25) is 0 Å². The summed E-state index contributed by atoms with van der Waals surface area (Å²) in [6.45, 7) is 3.05. The molecule has 1 aromatic rings. The summed E-state index contributed by atoms with van der Waals surface area (Å²) >= 11 is 6.17. The molecular formula is C15H21ClN2O2S. The molecule has 0 radical (unpaired) electrons. The van der Waals surface area contributed by atoms with Gasteiger partial charge in [0.1, 0.15) is 4.90 Å². The van der Waals surface area contributed by atoms with E-state index in [4.69, 9.17) is 17.3 Å². The summed E-state index contributed by atoms with van der Waals surface area (Å²) in [6.07, 6.45) is 4.50. The fourth-order valence-corrected chi connectivity index (χ4v) is 4.64. The number of rotatable bonds is 6. The third-order valence-corrected chi connectivity index (χ3v) is 6.55. The van der Waals surface area contributed by atoms with Crippen molar-refractivity contribution in [3.05, 3.63) is 22.7 Å². The van der Waals surface area contributed by atoms with Crippen LogP contribution in [0, 0.1) is 18.8 Å². The van der Waals surface area contributed by atoms with Gasteiger partial charge in [0.15, 0.2) is 0 Å². The number of aryl methyl sites for hydroxylation is 1. The molecule has 2 saturated carbocycles. The highest BCUT2D eigenvalue weighted by Gasteiger charge is 2.36. The van der Waals surface area contributed by atoms with Crippen LogP contribution in [0.2, 0.25) is 5.02 Å². The Hall–Kier alpha value is -0.780. The van der Waals surface area contributed by atoms with E-state index in [2.05, 4.69) is 0 Å². The Kier molecular flexibility index (Phi) is 3.93. The molecule has 0 spiro atoms. The monoisotopic (exact) mass is 328 g/mol. The highest BCUT2D eigenvalue weighted by molar-refractivity contribution is 7.89. The van der Waals surface area contributed by atoms with Gasteiger partial charge < -0.3 is 5.73 Å². The first-order chi connectivity index (χ1) is 9.88. The van der Waals surface area contributed by atoms with Crippen LogP contribution in [0.25, 0.3) is 0 Å². The number of nitrogens with zero attached hydrogens (tertiary/aromatic N) is 1. The van der Waals surface area contributed by atoms with Crippen LogP contribution in [0.3, 0.4) is 0 Å². The van der Waals surface area contributed by atoms with Gasteiger partial charge in [-0.1, -0.05) is 11.6 Å². The van der Waals surface area contributed by atoms with Gasteiger partial charge in [0.05, 0.1) is 5.02 Å². The van der Waals surface area contributed by atoms with Crippen LogP contribution in [0.5, 0.6) is 0 Å². The first-order valence-corrected chi connectivity index (χ1v) is 9.25. The molecule has 2 aliphatic carbocycles. The molecule has 2 N–H and O–H groups in total. The second-order valence-corrected chi connectivity index (χ2v) is 8.66. The topological polar surface area (TPSA) is 63.4 Å². The van der Waals surface area contributed by atoms with Crippen molar-refractivity contribution in [3.8, 4) is 0 Å². The minimum atomic E-state index is -3.56. The van der Waals surface area contributed by atoms with Crippen LogP contribution in [0.15, 0.2) is 17.0 Å². The largest absolute Gasteiger partial charge is 0.398 e. The molecule has 2 aliphatic rings. The van der Waals surface area contributed by atoms with Crippen molar-refractivity contribution < 1.29 is 8.42 Å². The molecule has 0 saturated heterocycles. The van der Waals surface area contributed by atoms with Crippen molar-refractivity contribution in [2.24, 2.45) is 11.8 Å². The van der Waals surface area contributed by atoms with E-state index >= 15 is 0 Å². The molecule has 0 aromatic heterocycles.